The topological polar surface area (TPSA) is 49.8 Å². The monoisotopic (exact) mass is 318 g/mol. The summed E-state index contributed by atoms with van der Waals surface area (Å²) in [5, 5.41) is 8.56. The van der Waals surface area contributed by atoms with Crippen LogP contribution in [0.5, 0.6) is 0 Å². The molecule has 1 fully saturated rings. The van der Waals surface area contributed by atoms with Crippen LogP contribution in [0, 0.1) is 0 Å². The van der Waals surface area contributed by atoms with Crippen molar-refractivity contribution in [1.82, 2.24) is 0 Å². The first kappa shape index (κ1) is 19.4. The van der Waals surface area contributed by atoms with E-state index in [0.29, 0.717) is 6.42 Å². The Morgan fingerprint density at radius 2 is 1.87 bits per heavy atom. The number of carboxylic acid groups (broad SMARTS) is 1. The Bertz CT molecular complexity index is 432. The summed E-state index contributed by atoms with van der Waals surface area (Å²) in [4.78, 5) is 10.4. The fourth-order valence-corrected chi connectivity index (χ4v) is 2.28. The molecule has 0 amide bonds. The predicted molar refractivity (Wildman–Crippen MR) is 95.5 cm³/mol. The molecule has 0 aromatic carbocycles. The van der Waals surface area contributed by atoms with Gasteiger partial charge in [-0.1, -0.05) is 68.4 Å². The fraction of sp³-hybridized carbons (Fsp3) is 0.550. The molecule has 0 spiro atoms. The largest absolute Gasteiger partial charge is 0.481 e. The van der Waals surface area contributed by atoms with E-state index in [1.165, 1.54) is 25.7 Å². The van der Waals surface area contributed by atoms with Crippen LogP contribution in [-0.2, 0) is 9.53 Å². The Hall–Kier alpha value is -1.61. The lowest BCUT2D eigenvalue weighted by molar-refractivity contribution is -0.137. The number of aliphatic carboxylic acids is 1. The Labute approximate surface area is 140 Å². The third kappa shape index (κ3) is 11.6. The minimum absolute atomic E-state index is 0.170. The number of epoxide rings is 1. The standard InChI is InChI=1S/C20H30O3/c1-2-3-4-5-6-7-8-9-10-11-12-13-15-18-19(23-18)16-14-17-20(21)22/h6-7,9-13,15,18-19H,2-5,8,14,16-17H2,1H3,(H,21,22)/b7-6-,10-9-,12-11+,15-13+/t18-,19+/m0/s1. The van der Waals surface area contributed by atoms with E-state index in [1.54, 1.807) is 0 Å². The van der Waals surface area contributed by atoms with E-state index in [0.717, 1.165) is 12.8 Å². The van der Waals surface area contributed by atoms with Gasteiger partial charge in [0.1, 0.15) is 6.10 Å². The van der Waals surface area contributed by atoms with Gasteiger partial charge in [-0.2, -0.15) is 0 Å². The summed E-state index contributed by atoms with van der Waals surface area (Å²) in [6, 6.07) is 0. The second-order valence-corrected chi connectivity index (χ2v) is 5.83. The van der Waals surface area contributed by atoms with Gasteiger partial charge >= 0.3 is 5.97 Å². The van der Waals surface area contributed by atoms with Gasteiger partial charge in [0, 0.05) is 6.42 Å². The van der Waals surface area contributed by atoms with Gasteiger partial charge in [0.15, 0.2) is 0 Å². The molecule has 0 bridgehead atoms. The number of hydrogen-bond acceptors (Lipinski definition) is 2. The van der Waals surface area contributed by atoms with Gasteiger partial charge in [-0.15, -0.1) is 0 Å². The van der Waals surface area contributed by atoms with Gasteiger partial charge in [-0.25, -0.2) is 0 Å². The molecule has 0 aromatic heterocycles. The van der Waals surface area contributed by atoms with Crippen LogP contribution in [-0.4, -0.2) is 23.3 Å². The Morgan fingerprint density at radius 1 is 1.04 bits per heavy atom. The van der Waals surface area contributed by atoms with Crippen molar-refractivity contribution < 1.29 is 14.6 Å². The lowest BCUT2D eigenvalue weighted by atomic mass is 10.1. The first-order valence-electron chi connectivity index (χ1n) is 8.76. The molecule has 0 unspecified atom stereocenters. The molecular formula is C20H30O3. The molecule has 1 aliphatic heterocycles. The highest BCUT2D eigenvalue weighted by Crippen LogP contribution is 2.28. The van der Waals surface area contributed by atoms with Crippen molar-refractivity contribution in [2.24, 2.45) is 0 Å². The summed E-state index contributed by atoms with van der Waals surface area (Å²) in [6.45, 7) is 2.22. The van der Waals surface area contributed by atoms with Crippen LogP contribution >= 0.6 is 0 Å². The summed E-state index contributed by atoms with van der Waals surface area (Å²) < 4.78 is 5.46. The highest BCUT2D eigenvalue weighted by atomic mass is 16.6. The zero-order valence-electron chi connectivity index (χ0n) is 14.2. The first-order chi connectivity index (χ1) is 11.2. The molecule has 1 saturated heterocycles. The molecule has 1 N–H and O–H groups in total. The quantitative estimate of drug-likeness (QED) is 0.220. The van der Waals surface area contributed by atoms with E-state index in [-0.39, 0.29) is 18.6 Å². The van der Waals surface area contributed by atoms with Crippen LogP contribution in [0.2, 0.25) is 0 Å². The maximum absolute atomic E-state index is 10.4. The molecule has 23 heavy (non-hydrogen) atoms. The number of rotatable bonds is 13. The molecule has 0 radical (unpaired) electrons. The second-order valence-electron chi connectivity index (χ2n) is 5.83. The molecule has 128 valence electrons. The summed E-state index contributed by atoms with van der Waals surface area (Å²) in [6.07, 6.45) is 24.9. The zero-order valence-corrected chi connectivity index (χ0v) is 14.2. The number of allylic oxidation sites excluding steroid dienone is 7. The lowest BCUT2D eigenvalue weighted by Crippen LogP contribution is -1.97. The zero-order chi connectivity index (χ0) is 16.8. The van der Waals surface area contributed by atoms with Gasteiger partial charge in [0.05, 0.1) is 6.10 Å². The van der Waals surface area contributed by atoms with Crippen molar-refractivity contribution in [1.29, 1.82) is 0 Å². The second kappa shape index (κ2) is 12.9. The van der Waals surface area contributed by atoms with E-state index in [9.17, 15) is 4.79 Å². The predicted octanol–water partition coefficient (Wildman–Crippen LogP) is 5.20. The lowest BCUT2D eigenvalue weighted by Gasteiger charge is -1.91. The first-order valence-corrected chi connectivity index (χ1v) is 8.76. The Balaban J connectivity index is 1.99. The molecule has 3 nitrogen and oxygen atoms in total. The van der Waals surface area contributed by atoms with Crippen molar-refractivity contribution in [2.45, 2.75) is 70.5 Å². The van der Waals surface area contributed by atoms with Crippen LogP contribution in [0.25, 0.3) is 0 Å². The molecule has 3 heteroatoms. The molecule has 2 atom stereocenters. The SMILES string of the molecule is CCCCC/C=C\C\C=C/C=C/C=C/[C@@H]1O[C@@H]1CCCC(=O)O. The van der Waals surface area contributed by atoms with Crippen molar-refractivity contribution >= 4 is 5.97 Å². The van der Waals surface area contributed by atoms with Crippen LogP contribution in [0.15, 0.2) is 48.6 Å². The summed E-state index contributed by atoms with van der Waals surface area (Å²) in [5.74, 6) is -0.733. The molecular weight excluding hydrogens is 288 g/mol. The summed E-state index contributed by atoms with van der Waals surface area (Å²) in [7, 11) is 0. The molecule has 1 heterocycles. The summed E-state index contributed by atoms with van der Waals surface area (Å²) in [5.41, 5.74) is 0. The van der Waals surface area contributed by atoms with E-state index >= 15 is 0 Å². The normalized spacial score (nSPS) is 21.3. The third-order valence-electron chi connectivity index (χ3n) is 3.68. The molecule has 0 saturated carbocycles. The maximum atomic E-state index is 10.4. The van der Waals surface area contributed by atoms with Crippen LogP contribution in [0.1, 0.15) is 58.3 Å². The van der Waals surface area contributed by atoms with E-state index in [4.69, 9.17) is 9.84 Å². The summed E-state index contributed by atoms with van der Waals surface area (Å²) >= 11 is 0. The highest BCUT2D eigenvalue weighted by molar-refractivity contribution is 5.66. The minimum Gasteiger partial charge on any atom is -0.481 e. The molecule has 1 rings (SSSR count). The van der Waals surface area contributed by atoms with Gasteiger partial charge in [0.2, 0.25) is 0 Å². The van der Waals surface area contributed by atoms with Gasteiger partial charge in [-0.3, -0.25) is 4.79 Å². The average Bonchev–Trinajstić information content (AvgIpc) is 3.26. The number of unbranched alkanes of at least 4 members (excludes halogenated alkanes) is 3. The molecule has 0 aromatic rings. The van der Waals surface area contributed by atoms with Crippen molar-refractivity contribution in [3.05, 3.63) is 48.6 Å². The Kier molecular flexibility index (Phi) is 10.9. The maximum Gasteiger partial charge on any atom is 0.303 e. The van der Waals surface area contributed by atoms with E-state index < -0.39 is 5.97 Å². The van der Waals surface area contributed by atoms with E-state index in [1.807, 2.05) is 24.3 Å². The van der Waals surface area contributed by atoms with Crippen LogP contribution in [0.4, 0.5) is 0 Å². The molecule has 1 aliphatic rings. The van der Waals surface area contributed by atoms with Crippen LogP contribution < -0.4 is 0 Å². The van der Waals surface area contributed by atoms with Crippen molar-refractivity contribution in [3.63, 3.8) is 0 Å². The molecule has 0 aliphatic carbocycles. The van der Waals surface area contributed by atoms with Gasteiger partial charge in [-0.05, 0) is 32.1 Å². The smallest absolute Gasteiger partial charge is 0.303 e. The van der Waals surface area contributed by atoms with Crippen molar-refractivity contribution in [2.75, 3.05) is 0 Å². The van der Waals surface area contributed by atoms with Crippen molar-refractivity contribution in [3.8, 4) is 0 Å². The Morgan fingerprint density at radius 3 is 2.65 bits per heavy atom. The fourth-order valence-electron chi connectivity index (χ4n) is 2.28. The third-order valence-corrected chi connectivity index (χ3v) is 3.68. The van der Waals surface area contributed by atoms with E-state index in [2.05, 4.69) is 31.2 Å². The highest BCUT2D eigenvalue weighted by Gasteiger charge is 2.35. The number of carbonyl (C=O) groups is 1. The number of ether oxygens (including phenoxy) is 1. The van der Waals surface area contributed by atoms with Crippen LogP contribution in [0.3, 0.4) is 0 Å². The average molecular weight is 318 g/mol. The van der Waals surface area contributed by atoms with Gasteiger partial charge < -0.3 is 9.84 Å². The minimum atomic E-state index is -0.733. The number of carboxylic acids is 1. The number of hydrogen-bond donors (Lipinski definition) is 1. The van der Waals surface area contributed by atoms with Gasteiger partial charge in [0.25, 0.3) is 0 Å².